The van der Waals surface area contributed by atoms with Crippen molar-refractivity contribution in [2.24, 2.45) is 5.92 Å². The smallest absolute Gasteiger partial charge is 0.0577 e. The maximum absolute atomic E-state index is 9.42. The quantitative estimate of drug-likeness (QED) is 0.713. The molecule has 1 radical (unpaired) electrons. The third-order valence-corrected chi connectivity index (χ3v) is 2.27. The van der Waals surface area contributed by atoms with Crippen LogP contribution in [0.3, 0.4) is 0 Å². The fourth-order valence-electron chi connectivity index (χ4n) is 1.51. The van der Waals surface area contributed by atoms with E-state index in [1.165, 1.54) is 0 Å². The first-order valence-electron chi connectivity index (χ1n) is 3.97. The van der Waals surface area contributed by atoms with Crippen LogP contribution in [0.2, 0.25) is 0 Å². The number of likely N-dealkylation sites (tertiary alicyclic amines) is 1. The summed E-state index contributed by atoms with van der Waals surface area (Å²) in [5.41, 5.74) is 0. The summed E-state index contributed by atoms with van der Waals surface area (Å²) in [7, 11) is 3.83. The van der Waals surface area contributed by atoms with Crippen LogP contribution in [-0.4, -0.2) is 29.2 Å². The van der Waals surface area contributed by atoms with Gasteiger partial charge in [-0.25, -0.2) is 0 Å². The van der Waals surface area contributed by atoms with E-state index in [0.717, 1.165) is 25.9 Å². The SMILES string of the molecule is [CH2-]N1CCC(C(O)CC)C1.[Y]. The molecule has 1 saturated heterocycles. The molecule has 0 aliphatic carbocycles. The van der Waals surface area contributed by atoms with Gasteiger partial charge in [-0.3, -0.25) is 7.05 Å². The molecule has 1 aliphatic heterocycles. The Kier molecular flexibility index (Phi) is 6.16. The van der Waals surface area contributed by atoms with Gasteiger partial charge in [0.1, 0.15) is 0 Å². The first-order chi connectivity index (χ1) is 4.74. The Morgan fingerprint density at radius 1 is 1.73 bits per heavy atom. The Morgan fingerprint density at radius 3 is 2.73 bits per heavy atom. The monoisotopic (exact) mass is 231 g/mol. The van der Waals surface area contributed by atoms with E-state index in [2.05, 4.69) is 7.05 Å². The van der Waals surface area contributed by atoms with Gasteiger partial charge in [-0.15, -0.1) is 0 Å². The van der Waals surface area contributed by atoms with E-state index in [1.54, 1.807) is 0 Å². The zero-order valence-electron chi connectivity index (χ0n) is 7.16. The van der Waals surface area contributed by atoms with E-state index in [9.17, 15) is 5.11 Å². The molecule has 0 aromatic heterocycles. The minimum Gasteiger partial charge on any atom is -0.459 e. The van der Waals surface area contributed by atoms with Crippen LogP contribution >= 0.6 is 0 Å². The number of rotatable bonds is 2. The van der Waals surface area contributed by atoms with E-state index in [-0.39, 0.29) is 38.8 Å². The molecule has 0 bridgehead atoms. The van der Waals surface area contributed by atoms with Gasteiger partial charge in [0.15, 0.2) is 0 Å². The maximum atomic E-state index is 9.42. The summed E-state index contributed by atoms with van der Waals surface area (Å²) in [6.07, 6.45) is 1.88. The van der Waals surface area contributed by atoms with Gasteiger partial charge in [-0.2, -0.15) is 0 Å². The van der Waals surface area contributed by atoms with Gasteiger partial charge in [-0.05, 0) is 31.8 Å². The molecule has 1 aliphatic rings. The predicted molar refractivity (Wildman–Crippen MR) is 41.3 cm³/mol. The molecule has 0 spiro atoms. The third kappa shape index (κ3) is 3.50. The molecule has 1 rings (SSSR count). The van der Waals surface area contributed by atoms with Crippen LogP contribution in [-0.2, 0) is 32.7 Å². The van der Waals surface area contributed by atoms with Crippen LogP contribution in [0.4, 0.5) is 0 Å². The van der Waals surface area contributed by atoms with Crippen molar-refractivity contribution in [2.75, 3.05) is 13.1 Å². The van der Waals surface area contributed by atoms with Gasteiger partial charge < -0.3 is 10.0 Å². The summed E-state index contributed by atoms with van der Waals surface area (Å²) in [4.78, 5) is 2.03. The summed E-state index contributed by atoms with van der Waals surface area (Å²) < 4.78 is 0. The minimum atomic E-state index is -0.105. The Balaban J connectivity index is 0.000001000. The second-order valence-electron chi connectivity index (χ2n) is 3.10. The normalized spacial score (nSPS) is 28.1. The van der Waals surface area contributed by atoms with Crippen LogP contribution in [0.1, 0.15) is 19.8 Å². The molecule has 1 fully saturated rings. The molecule has 0 saturated carbocycles. The number of aliphatic hydroxyl groups excluding tert-OH is 1. The van der Waals surface area contributed by atoms with E-state index < -0.39 is 0 Å². The predicted octanol–water partition coefficient (Wildman–Crippen LogP) is 0.868. The summed E-state index contributed by atoms with van der Waals surface area (Å²) in [5.74, 6) is 0.475. The van der Waals surface area contributed by atoms with Crippen molar-refractivity contribution in [3.63, 3.8) is 0 Å². The van der Waals surface area contributed by atoms with Crippen molar-refractivity contribution >= 4 is 0 Å². The van der Waals surface area contributed by atoms with Crippen LogP contribution in [0.15, 0.2) is 0 Å². The maximum Gasteiger partial charge on any atom is 0.0577 e. The molecule has 2 unspecified atom stereocenters. The van der Waals surface area contributed by atoms with Gasteiger partial charge in [0.25, 0.3) is 0 Å². The molecule has 0 amide bonds. The molecule has 1 N–H and O–H groups in total. The molecule has 2 nitrogen and oxygen atoms in total. The second kappa shape index (κ2) is 5.63. The van der Waals surface area contributed by atoms with Crippen LogP contribution in [0.5, 0.6) is 0 Å². The van der Waals surface area contributed by atoms with Crippen molar-refractivity contribution in [1.29, 1.82) is 0 Å². The zero-order chi connectivity index (χ0) is 7.56. The number of hydrogen-bond donors (Lipinski definition) is 1. The number of nitrogens with zero attached hydrogens (tertiary/aromatic N) is 1. The van der Waals surface area contributed by atoms with Crippen molar-refractivity contribution in [3.8, 4) is 0 Å². The topological polar surface area (TPSA) is 23.5 Å². The van der Waals surface area contributed by atoms with Crippen LogP contribution < -0.4 is 0 Å². The zero-order valence-corrected chi connectivity index (χ0v) is 10.0. The Morgan fingerprint density at radius 2 is 2.36 bits per heavy atom. The van der Waals surface area contributed by atoms with Crippen molar-refractivity contribution < 1.29 is 37.8 Å². The van der Waals surface area contributed by atoms with E-state index >= 15 is 0 Å². The minimum absolute atomic E-state index is 0. The summed E-state index contributed by atoms with van der Waals surface area (Å²) in [5, 5.41) is 9.42. The summed E-state index contributed by atoms with van der Waals surface area (Å²) in [6.45, 7) is 4.03. The van der Waals surface area contributed by atoms with Crippen molar-refractivity contribution in [2.45, 2.75) is 25.9 Å². The average molecular weight is 231 g/mol. The van der Waals surface area contributed by atoms with Gasteiger partial charge >= 0.3 is 0 Å². The molecule has 11 heavy (non-hydrogen) atoms. The second-order valence-corrected chi connectivity index (χ2v) is 3.10. The van der Waals surface area contributed by atoms with Crippen LogP contribution in [0, 0.1) is 13.0 Å². The number of aliphatic hydroxyl groups is 1. The van der Waals surface area contributed by atoms with Crippen molar-refractivity contribution in [1.82, 2.24) is 4.90 Å². The summed E-state index contributed by atoms with van der Waals surface area (Å²) in [6, 6.07) is 0. The van der Waals surface area contributed by atoms with Crippen LogP contribution in [0.25, 0.3) is 0 Å². The first kappa shape index (κ1) is 12.0. The molecular formula is C8H16NOY-. The average Bonchev–Trinajstić information content (AvgIpc) is 2.34. The Labute approximate surface area is 94.2 Å². The standard InChI is InChI=1S/C8H16NO.Y/c1-3-8(10)7-4-5-9(2)6-7;/h7-8,10H,2-6H2,1H3;/q-1;. The molecule has 0 aromatic rings. The Hall–Kier alpha value is 1.02. The Bertz CT molecular complexity index is 110. The fourth-order valence-corrected chi connectivity index (χ4v) is 1.51. The third-order valence-electron chi connectivity index (χ3n) is 2.27. The molecule has 3 heteroatoms. The van der Waals surface area contributed by atoms with E-state index in [1.807, 2.05) is 11.8 Å². The molecule has 1 heterocycles. The number of hydrogen-bond acceptors (Lipinski definition) is 2. The molecule has 0 aromatic carbocycles. The fraction of sp³-hybridized carbons (Fsp3) is 0.875. The van der Waals surface area contributed by atoms with Gasteiger partial charge in [-0.1, -0.05) is 6.92 Å². The van der Waals surface area contributed by atoms with Gasteiger partial charge in [0.2, 0.25) is 0 Å². The molecule has 2 atom stereocenters. The summed E-state index contributed by atoms with van der Waals surface area (Å²) >= 11 is 0. The van der Waals surface area contributed by atoms with Gasteiger partial charge in [0.05, 0.1) is 6.10 Å². The van der Waals surface area contributed by atoms with Gasteiger partial charge in [0, 0.05) is 32.7 Å². The van der Waals surface area contributed by atoms with Crippen molar-refractivity contribution in [3.05, 3.63) is 7.05 Å². The largest absolute Gasteiger partial charge is 0.459 e. The van der Waals surface area contributed by atoms with E-state index in [0.29, 0.717) is 5.92 Å². The first-order valence-corrected chi connectivity index (χ1v) is 3.97. The van der Waals surface area contributed by atoms with E-state index in [4.69, 9.17) is 0 Å². The molecule has 63 valence electrons. The molecular weight excluding hydrogens is 215 g/mol.